The van der Waals surface area contributed by atoms with Crippen LogP contribution in [0.15, 0.2) is 24.3 Å². The van der Waals surface area contributed by atoms with Crippen molar-refractivity contribution in [2.24, 2.45) is 11.7 Å². The number of hydrogen-bond acceptors (Lipinski definition) is 6. The Morgan fingerprint density at radius 1 is 1.42 bits per heavy atom. The summed E-state index contributed by atoms with van der Waals surface area (Å²) in [5.74, 6) is -0.0547. The Bertz CT molecular complexity index is 668. The minimum absolute atomic E-state index is 0.0547. The zero-order valence-electron chi connectivity index (χ0n) is 13.7. The van der Waals surface area contributed by atoms with Gasteiger partial charge >= 0.3 is 17.3 Å². The van der Waals surface area contributed by atoms with Crippen molar-refractivity contribution in [2.45, 2.75) is 31.6 Å². The monoisotopic (exact) mass is 356 g/mol. The molecule has 1 aromatic rings. The fourth-order valence-corrected chi connectivity index (χ4v) is 4.39. The molecule has 1 aliphatic rings. The van der Waals surface area contributed by atoms with Crippen LogP contribution in [0.4, 0.5) is 11.4 Å². The van der Waals surface area contributed by atoms with Crippen LogP contribution < -0.4 is 16.2 Å². The van der Waals surface area contributed by atoms with E-state index in [0.717, 1.165) is 0 Å². The smallest absolute Gasteiger partial charge is 0.427 e. The van der Waals surface area contributed by atoms with Gasteiger partial charge < -0.3 is 21.5 Å². The van der Waals surface area contributed by atoms with Crippen molar-refractivity contribution in [3.05, 3.63) is 24.3 Å². The summed E-state index contributed by atoms with van der Waals surface area (Å²) in [7, 11) is -5.11. The van der Waals surface area contributed by atoms with E-state index in [9.17, 15) is 8.42 Å². The van der Waals surface area contributed by atoms with E-state index in [2.05, 4.69) is 4.72 Å². The van der Waals surface area contributed by atoms with Crippen LogP contribution in [0.3, 0.4) is 0 Å². The summed E-state index contributed by atoms with van der Waals surface area (Å²) in [5.41, 5.74) is 12.1. The van der Waals surface area contributed by atoms with Gasteiger partial charge in [0, 0.05) is 18.6 Å². The molecule has 1 fully saturated rings. The van der Waals surface area contributed by atoms with E-state index in [1.54, 1.807) is 24.3 Å². The molecular weight excluding hydrogens is 331 g/mol. The SMILES string of the molecule is C[C@]1(N)CN(S(=O)(=O)Nc2ccccc2N)C[C@@H]1CCCB(O)O. The molecule has 0 radical (unpaired) electrons. The zero-order valence-corrected chi connectivity index (χ0v) is 14.5. The molecule has 0 amide bonds. The predicted molar refractivity (Wildman–Crippen MR) is 95.3 cm³/mol. The first-order valence-electron chi connectivity index (χ1n) is 7.89. The van der Waals surface area contributed by atoms with E-state index in [4.69, 9.17) is 21.5 Å². The van der Waals surface area contributed by atoms with Gasteiger partial charge in [0.15, 0.2) is 0 Å². The Hall–Kier alpha value is -1.33. The van der Waals surface area contributed by atoms with E-state index < -0.39 is 22.9 Å². The van der Waals surface area contributed by atoms with Gasteiger partial charge in [0.1, 0.15) is 0 Å². The summed E-state index contributed by atoms with van der Waals surface area (Å²) in [6.07, 6.45) is 1.45. The first-order valence-corrected chi connectivity index (χ1v) is 9.33. The molecule has 0 spiro atoms. The van der Waals surface area contributed by atoms with Gasteiger partial charge in [0.05, 0.1) is 11.4 Å². The van der Waals surface area contributed by atoms with E-state index in [0.29, 0.717) is 24.2 Å². The van der Waals surface area contributed by atoms with Crippen molar-refractivity contribution in [1.82, 2.24) is 4.31 Å². The molecule has 0 bridgehead atoms. The molecule has 0 aliphatic carbocycles. The van der Waals surface area contributed by atoms with Crippen molar-refractivity contribution in [3.8, 4) is 0 Å². The standard InChI is InChI=1S/C14H25BN4O4S/c1-14(17)10-19(9-11(14)5-4-8-15(20)21)24(22,23)18-13-7-3-2-6-12(13)16/h2-3,6-7,11,18,20-21H,4-5,8-10,16-17H2,1H3/t11-,14-/m0/s1. The lowest BCUT2D eigenvalue weighted by atomic mass is 9.79. The predicted octanol–water partition coefficient (Wildman–Crippen LogP) is -0.172. The fourth-order valence-electron chi connectivity index (χ4n) is 2.97. The second-order valence-corrected chi connectivity index (χ2v) is 8.27. The summed E-state index contributed by atoms with van der Waals surface area (Å²) in [6.45, 7) is 2.30. The van der Waals surface area contributed by atoms with Crippen molar-refractivity contribution in [2.75, 3.05) is 23.5 Å². The Morgan fingerprint density at radius 2 is 2.08 bits per heavy atom. The molecular formula is C14H25BN4O4S. The number of rotatable bonds is 7. The van der Waals surface area contributed by atoms with Crippen molar-refractivity contribution >= 4 is 28.7 Å². The maximum Gasteiger partial charge on any atom is 0.451 e. The molecule has 0 saturated carbocycles. The molecule has 0 unspecified atom stereocenters. The summed E-state index contributed by atoms with van der Waals surface area (Å²) in [5, 5.41) is 17.8. The number of nitrogens with zero attached hydrogens (tertiary/aromatic N) is 1. The van der Waals surface area contributed by atoms with Gasteiger partial charge in [-0.3, -0.25) is 4.72 Å². The number of benzene rings is 1. The highest BCUT2D eigenvalue weighted by Crippen LogP contribution is 2.32. The third kappa shape index (κ3) is 4.61. The highest BCUT2D eigenvalue weighted by molar-refractivity contribution is 7.90. The summed E-state index contributed by atoms with van der Waals surface area (Å²) >= 11 is 0. The molecule has 10 heteroatoms. The summed E-state index contributed by atoms with van der Waals surface area (Å²) in [6, 6.07) is 6.66. The van der Waals surface area contributed by atoms with E-state index >= 15 is 0 Å². The average molecular weight is 356 g/mol. The van der Waals surface area contributed by atoms with E-state index in [1.165, 1.54) is 4.31 Å². The lowest BCUT2D eigenvalue weighted by Crippen LogP contribution is -2.45. The molecule has 1 saturated heterocycles. The lowest BCUT2D eigenvalue weighted by molar-refractivity contribution is 0.343. The summed E-state index contributed by atoms with van der Waals surface area (Å²) < 4.78 is 29.0. The number of anilines is 2. The Morgan fingerprint density at radius 3 is 2.71 bits per heavy atom. The van der Waals surface area contributed by atoms with E-state index in [-0.39, 0.29) is 25.3 Å². The van der Waals surface area contributed by atoms with Crippen molar-refractivity contribution in [1.29, 1.82) is 0 Å². The van der Waals surface area contributed by atoms with Crippen LogP contribution in [0, 0.1) is 5.92 Å². The van der Waals surface area contributed by atoms with Crippen LogP contribution in [0.1, 0.15) is 19.8 Å². The normalized spacial score (nSPS) is 24.9. The van der Waals surface area contributed by atoms with Crippen molar-refractivity contribution in [3.63, 3.8) is 0 Å². The summed E-state index contributed by atoms with van der Waals surface area (Å²) in [4.78, 5) is 0. The fraction of sp³-hybridized carbons (Fsp3) is 0.571. The first kappa shape index (κ1) is 19.0. The molecule has 134 valence electrons. The molecule has 2 rings (SSSR count). The van der Waals surface area contributed by atoms with Crippen LogP contribution in [0.25, 0.3) is 0 Å². The van der Waals surface area contributed by atoms with Crippen LogP contribution >= 0.6 is 0 Å². The average Bonchev–Trinajstić information content (AvgIpc) is 2.77. The topological polar surface area (TPSA) is 142 Å². The van der Waals surface area contributed by atoms with Gasteiger partial charge in [0.2, 0.25) is 0 Å². The third-order valence-electron chi connectivity index (χ3n) is 4.43. The molecule has 24 heavy (non-hydrogen) atoms. The second kappa shape index (κ2) is 7.28. The Labute approximate surface area is 143 Å². The van der Waals surface area contributed by atoms with Gasteiger partial charge in [0.25, 0.3) is 0 Å². The lowest BCUT2D eigenvalue weighted by Gasteiger charge is -2.25. The number of hydrogen-bond donors (Lipinski definition) is 5. The van der Waals surface area contributed by atoms with Gasteiger partial charge in [-0.2, -0.15) is 12.7 Å². The van der Waals surface area contributed by atoms with Crippen LogP contribution in [0.2, 0.25) is 6.32 Å². The Balaban J connectivity index is 2.05. The molecule has 8 nitrogen and oxygen atoms in total. The molecule has 7 N–H and O–H groups in total. The van der Waals surface area contributed by atoms with Crippen molar-refractivity contribution < 1.29 is 18.5 Å². The highest BCUT2D eigenvalue weighted by Gasteiger charge is 2.44. The molecule has 1 aromatic carbocycles. The number of nitrogens with two attached hydrogens (primary N) is 2. The molecule has 2 atom stereocenters. The van der Waals surface area contributed by atoms with E-state index in [1.807, 2.05) is 6.92 Å². The van der Waals surface area contributed by atoms with Gasteiger partial charge in [-0.25, -0.2) is 0 Å². The number of nitrogen functional groups attached to an aromatic ring is 1. The largest absolute Gasteiger partial charge is 0.451 e. The molecule has 0 aromatic heterocycles. The van der Waals surface area contributed by atoms with Gasteiger partial charge in [-0.15, -0.1) is 0 Å². The van der Waals surface area contributed by atoms with Gasteiger partial charge in [-0.05, 0) is 37.7 Å². The quantitative estimate of drug-likeness (QED) is 0.339. The highest BCUT2D eigenvalue weighted by atomic mass is 32.2. The van der Waals surface area contributed by atoms with Crippen LogP contribution in [-0.2, 0) is 10.2 Å². The maximum atomic E-state index is 12.6. The zero-order chi connectivity index (χ0) is 18.0. The van der Waals surface area contributed by atoms with Crippen LogP contribution in [-0.4, -0.2) is 48.5 Å². The maximum absolute atomic E-state index is 12.6. The van der Waals surface area contributed by atoms with Gasteiger partial charge in [-0.1, -0.05) is 18.6 Å². The minimum atomic E-state index is -3.76. The minimum Gasteiger partial charge on any atom is -0.427 e. The number of nitrogens with one attached hydrogen (secondary N) is 1. The second-order valence-electron chi connectivity index (χ2n) is 6.60. The number of para-hydroxylation sites is 2. The third-order valence-corrected chi connectivity index (χ3v) is 5.86. The first-order chi connectivity index (χ1) is 11.1. The molecule has 1 aliphatic heterocycles. The molecule has 1 heterocycles. The van der Waals surface area contributed by atoms with Crippen LogP contribution in [0.5, 0.6) is 0 Å². The Kier molecular flexibility index (Phi) is 5.76.